The lowest BCUT2D eigenvalue weighted by Gasteiger charge is -2.20. The van der Waals surface area contributed by atoms with E-state index in [-0.39, 0.29) is 0 Å². The van der Waals surface area contributed by atoms with Crippen LogP contribution in [0.2, 0.25) is 0 Å². The highest BCUT2D eigenvalue weighted by Crippen LogP contribution is 2.13. The topological polar surface area (TPSA) is 29.9 Å². The Labute approximate surface area is 115 Å². The highest BCUT2D eigenvalue weighted by Gasteiger charge is 2.12. The summed E-state index contributed by atoms with van der Waals surface area (Å²) in [6.07, 6.45) is 4.11. The van der Waals surface area contributed by atoms with Gasteiger partial charge in [0.15, 0.2) is 0 Å². The first kappa shape index (κ1) is 13.8. The van der Waals surface area contributed by atoms with Gasteiger partial charge in [0.2, 0.25) is 0 Å². The SMILES string of the molecule is CC(CCc1ccccc1)NC(C)c1ccnn1C. The Kier molecular flexibility index (Phi) is 4.74. The van der Waals surface area contributed by atoms with E-state index in [1.54, 1.807) is 0 Å². The van der Waals surface area contributed by atoms with E-state index in [1.165, 1.54) is 11.3 Å². The molecule has 0 saturated heterocycles. The number of aromatic nitrogens is 2. The average molecular weight is 257 g/mol. The molecular formula is C16H23N3. The van der Waals surface area contributed by atoms with E-state index in [2.05, 4.69) is 60.7 Å². The Hall–Kier alpha value is -1.61. The summed E-state index contributed by atoms with van der Waals surface area (Å²) in [6.45, 7) is 4.44. The van der Waals surface area contributed by atoms with Crippen LogP contribution < -0.4 is 5.32 Å². The molecule has 0 spiro atoms. The smallest absolute Gasteiger partial charge is 0.0547 e. The van der Waals surface area contributed by atoms with E-state index in [0.717, 1.165) is 12.8 Å². The van der Waals surface area contributed by atoms with Crippen molar-refractivity contribution >= 4 is 0 Å². The molecule has 0 radical (unpaired) electrons. The number of benzene rings is 1. The molecule has 19 heavy (non-hydrogen) atoms. The highest BCUT2D eigenvalue weighted by molar-refractivity contribution is 5.14. The molecule has 102 valence electrons. The van der Waals surface area contributed by atoms with Crippen molar-refractivity contribution in [3.8, 4) is 0 Å². The molecule has 0 fully saturated rings. The minimum atomic E-state index is 0.332. The number of rotatable bonds is 6. The van der Waals surface area contributed by atoms with Gasteiger partial charge in [-0.15, -0.1) is 0 Å². The van der Waals surface area contributed by atoms with Crippen LogP contribution in [0.5, 0.6) is 0 Å². The first-order valence-corrected chi connectivity index (χ1v) is 6.94. The highest BCUT2D eigenvalue weighted by atomic mass is 15.3. The molecule has 3 nitrogen and oxygen atoms in total. The van der Waals surface area contributed by atoms with Crippen LogP contribution in [0.15, 0.2) is 42.6 Å². The Balaban J connectivity index is 1.81. The summed E-state index contributed by atoms with van der Waals surface area (Å²) < 4.78 is 1.93. The van der Waals surface area contributed by atoms with Crippen LogP contribution in [-0.4, -0.2) is 15.8 Å². The van der Waals surface area contributed by atoms with Gasteiger partial charge in [0.25, 0.3) is 0 Å². The van der Waals surface area contributed by atoms with Crippen molar-refractivity contribution in [1.29, 1.82) is 0 Å². The Morgan fingerprint density at radius 2 is 1.89 bits per heavy atom. The zero-order valence-electron chi connectivity index (χ0n) is 12.0. The molecular weight excluding hydrogens is 234 g/mol. The van der Waals surface area contributed by atoms with Gasteiger partial charge < -0.3 is 5.32 Å². The van der Waals surface area contributed by atoms with Gasteiger partial charge in [0.05, 0.1) is 5.69 Å². The second-order valence-electron chi connectivity index (χ2n) is 5.19. The lowest BCUT2D eigenvalue weighted by molar-refractivity contribution is 0.439. The van der Waals surface area contributed by atoms with Crippen molar-refractivity contribution in [2.75, 3.05) is 0 Å². The van der Waals surface area contributed by atoms with Crippen molar-refractivity contribution in [3.63, 3.8) is 0 Å². The summed E-state index contributed by atoms with van der Waals surface area (Å²) in [5.41, 5.74) is 2.64. The van der Waals surface area contributed by atoms with Gasteiger partial charge >= 0.3 is 0 Å². The molecule has 0 amide bonds. The van der Waals surface area contributed by atoms with Gasteiger partial charge in [-0.3, -0.25) is 4.68 Å². The maximum Gasteiger partial charge on any atom is 0.0547 e. The summed E-state index contributed by atoms with van der Waals surface area (Å²) in [5.74, 6) is 0. The molecule has 1 aromatic heterocycles. The molecule has 2 rings (SSSR count). The zero-order chi connectivity index (χ0) is 13.7. The lowest BCUT2D eigenvalue weighted by atomic mass is 10.1. The Morgan fingerprint density at radius 3 is 2.53 bits per heavy atom. The van der Waals surface area contributed by atoms with Gasteiger partial charge in [0, 0.05) is 25.3 Å². The molecule has 1 heterocycles. The van der Waals surface area contributed by atoms with Crippen LogP contribution in [-0.2, 0) is 13.5 Å². The van der Waals surface area contributed by atoms with Crippen LogP contribution >= 0.6 is 0 Å². The van der Waals surface area contributed by atoms with E-state index in [9.17, 15) is 0 Å². The Morgan fingerprint density at radius 1 is 1.16 bits per heavy atom. The lowest BCUT2D eigenvalue weighted by Crippen LogP contribution is -2.30. The molecule has 0 aliphatic rings. The normalized spacial score (nSPS) is 14.3. The van der Waals surface area contributed by atoms with Crippen LogP contribution in [0.4, 0.5) is 0 Å². The van der Waals surface area contributed by atoms with Crippen molar-refractivity contribution in [3.05, 3.63) is 53.9 Å². The van der Waals surface area contributed by atoms with Gasteiger partial charge in [-0.25, -0.2) is 0 Å². The third kappa shape index (κ3) is 3.93. The van der Waals surface area contributed by atoms with Gasteiger partial charge in [-0.2, -0.15) is 5.10 Å². The predicted octanol–water partition coefficient (Wildman–Crippen LogP) is 3.09. The molecule has 0 saturated carbocycles. The second-order valence-corrected chi connectivity index (χ2v) is 5.19. The number of nitrogens with zero attached hydrogens (tertiary/aromatic N) is 2. The molecule has 2 aromatic rings. The van der Waals surface area contributed by atoms with Crippen LogP contribution in [0.25, 0.3) is 0 Å². The number of aryl methyl sites for hydroxylation is 2. The van der Waals surface area contributed by atoms with E-state index in [4.69, 9.17) is 0 Å². The molecule has 2 atom stereocenters. The molecule has 0 aliphatic heterocycles. The fourth-order valence-electron chi connectivity index (χ4n) is 2.43. The van der Waals surface area contributed by atoms with Gasteiger partial charge in [-0.05, 0) is 38.3 Å². The molecule has 1 aromatic carbocycles. The minimum absolute atomic E-state index is 0.332. The summed E-state index contributed by atoms with van der Waals surface area (Å²) >= 11 is 0. The fourth-order valence-corrected chi connectivity index (χ4v) is 2.43. The van der Waals surface area contributed by atoms with E-state index in [1.807, 2.05) is 17.9 Å². The molecule has 0 aliphatic carbocycles. The third-order valence-corrected chi connectivity index (χ3v) is 3.55. The van der Waals surface area contributed by atoms with Gasteiger partial charge in [-0.1, -0.05) is 30.3 Å². The largest absolute Gasteiger partial charge is 0.306 e. The number of hydrogen-bond donors (Lipinski definition) is 1. The monoisotopic (exact) mass is 257 g/mol. The average Bonchev–Trinajstić information content (AvgIpc) is 2.84. The van der Waals surface area contributed by atoms with E-state index in [0.29, 0.717) is 12.1 Å². The summed E-state index contributed by atoms with van der Waals surface area (Å²) in [5, 5.41) is 7.85. The van der Waals surface area contributed by atoms with Crippen molar-refractivity contribution < 1.29 is 0 Å². The fraction of sp³-hybridized carbons (Fsp3) is 0.438. The predicted molar refractivity (Wildman–Crippen MR) is 79.0 cm³/mol. The maximum absolute atomic E-state index is 4.22. The molecule has 2 unspecified atom stereocenters. The third-order valence-electron chi connectivity index (χ3n) is 3.55. The molecule has 3 heteroatoms. The first-order chi connectivity index (χ1) is 9.16. The Bertz CT molecular complexity index is 490. The molecule has 0 bridgehead atoms. The van der Waals surface area contributed by atoms with Gasteiger partial charge in [0.1, 0.15) is 0 Å². The van der Waals surface area contributed by atoms with E-state index >= 15 is 0 Å². The minimum Gasteiger partial charge on any atom is -0.306 e. The summed E-state index contributed by atoms with van der Waals surface area (Å²) in [4.78, 5) is 0. The van der Waals surface area contributed by atoms with Crippen molar-refractivity contribution in [1.82, 2.24) is 15.1 Å². The quantitative estimate of drug-likeness (QED) is 0.862. The summed E-state index contributed by atoms with van der Waals surface area (Å²) in [6, 6.07) is 13.5. The van der Waals surface area contributed by atoms with E-state index < -0.39 is 0 Å². The van der Waals surface area contributed by atoms with Crippen LogP contribution in [0.1, 0.15) is 37.6 Å². The van der Waals surface area contributed by atoms with Crippen LogP contribution in [0.3, 0.4) is 0 Å². The molecule has 1 N–H and O–H groups in total. The summed E-state index contributed by atoms with van der Waals surface area (Å²) in [7, 11) is 1.99. The van der Waals surface area contributed by atoms with Crippen molar-refractivity contribution in [2.45, 2.75) is 38.8 Å². The number of nitrogens with one attached hydrogen (secondary N) is 1. The maximum atomic E-state index is 4.22. The zero-order valence-corrected chi connectivity index (χ0v) is 12.0. The first-order valence-electron chi connectivity index (χ1n) is 6.94. The standard InChI is InChI=1S/C16H23N3/c1-13(9-10-15-7-5-4-6-8-15)18-14(2)16-11-12-17-19(16)3/h4-8,11-14,18H,9-10H2,1-3H3. The van der Waals surface area contributed by atoms with Crippen LogP contribution in [0, 0.1) is 0 Å². The number of hydrogen-bond acceptors (Lipinski definition) is 2. The van der Waals surface area contributed by atoms with Crippen molar-refractivity contribution in [2.24, 2.45) is 7.05 Å². The second kappa shape index (κ2) is 6.53.